The van der Waals surface area contributed by atoms with E-state index in [9.17, 15) is 0 Å². The number of benzene rings is 4. The fraction of sp³-hybridized carbons (Fsp3) is 0.268. The molecule has 0 unspecified atom stereocenters. The molecule has 0 saturated heterocycles. The first-order valence-corrected chi connectivity index (χ1v) is 19.8. The summed E-state index contributed by atoms with van der Waals surface area (Å²) < 4.78 is 8.44. The number of hydrogen-bond acceptors (Lipinski definition) is 3. The summed E-state index contributed by atoms with van der Waals surface area (Å²) >= 11 is 0. The number of hydrogen-bond donors (Lipinski definition) is 0. The van der Waals surface area contributed by atoms with Gasteiger partial charge >= 0.3 is 0 Å². The first kappa shape index (κ1) is 34.5. The van der Waals surface area contributed by atoms with Crippen molar-refractivity contribution in [3.63, 3.8) is 0 Å². The Bertz CT molecular complexity index is 2150. The summed E-state index contributed by atoms with van der Waals surface area (Å²) in [6.07, 6.45) is 3.25. The van der Waals surface area contributed by atoms with Crippen LogP contribution in [0.25, 0.3) is 55.6 Å². The topological polar surface area (TPSA) is 43.9 Å². The number of para-hydroxylation sites is 3. The molecular formula is C41H43IrN3OSi-2. The Labute approximate surface area is 293 Å². The summed E-state index contributed by atoms with van der Waals surface area (Å²) in [7, 11) is -1.35. The van der Waals surface area contributed by atoms with Gasteiger partial charge < -0.3 is 14.0 Å². The van der Waals surface area contributed by atoms with E-state index in [-0.39, 0.29) is 26.1 Å². The Hall–Kier alpha value is -3.83. The summed E-state index contributed by atoms with van der Waals surface area (Å²) in [5.41, 5.74) is 9.67. The normalized spacial score (nSPS) is 11.7. The molecular weight excluding hydrogens is 771 g/mol. The van der Waals surface area contributed by atoms with Crippen molar-refractivity contribution >= 4 is 46.2 Å². The van der Waals surface area contributed by atoms with E-state index in [1.54, 1.807) is 0 Å². The van der Waals surface area contributed by atoms with Crippen molar-refractivity contribution in [2.75, 3.05) is 0 Å². The van der Waals surface area contributed by atoms with Crippen molar-refractivity contribution in [2.24, 2.45) is 5.92 Å². The summed E-state index contributed by atoms with van der Waals surface area (Å²) in [5.74, 6) is 1.57. The molecule has 0 aliphatic heterocycles. The monoisotopic (exact) mass is 814 g/mol. The molecule has 0 bridgehead atoms. The maximum absolute atomic E-state index is 6.18. The molecule has 3 heterocycles. The van der Waals surface area contributed by atoms with Crippen LogP contribution in [-0.4, -0.2) is 22.6 Å². The van der Waals surface area contributed by atoms with Crippen molar-refractivity contribution in [3.8, 4) is 22.6 Å². The van der Waals surface area contributed by atoms with Crippen LogP contribution in [0.5, 0.6) is 0 Å². The first-order valence-electron chi connectivity index (χ1n) is 16.3. The molecule has 0 spiro atoms. The van der Waals surface area contributed by atoms with E-state index < -0.39 is 8.07 Å². The van der Waals surface area contributed by atoms with Crippen LogP contribution < -0.4 is 5.19 Å². The van der Waals surface area contributed by atoms with E-state index >= 15 is 0 Å². The van der Waals surface area contributed by atoms with E-state index in [1.165, 1.54) is 16.3 Å². The van der Waals surface area contributed by atoms with Crippen LogP contribution in [0, 0.1) is 25.0 Å². The molecule has 7 aromatic rings. The second kappa shape index (κ2) is 14.1. The number of aryl methyl sites for hydroxylation is 1. The van der Waals surface area contributed by atoms with E-state index in [0.29, 0.717) is 5.92 Å². The van der Waals surface area contributed by atoms with Crippen LogP contribution in [0.4, 0.5) is 0 Å². The van der Waals surface area contributed by atoms with E-state index in [0.717, 1.165) is 62.0 Å². The zero-order valence-electron chi connectivity index (χ0n) is 28.6. The van der Waals surface area contributed by atoms with Crippen LogP contribution in [-0.2, 0) is 26.5 Å². The fourth-order valence-electron chi connectivity index (χ4n) is 6.26. The van der Waals surface area contributed by atoms with Crippen LogP contribution in [0.3, 0.4) is 0 Å². The van der Waals surface area contributed by atoms with Crippen molar-refractivity contribution in [3.05, 3.63) is 114 Å². The molecule has 47 heavy (non-hydrogen) atoms. The summed E-state index contributed by atoms with van der Waals surface area (Å²) in [4.78, 5) is 9.62. The zero-order valence-corrected chi connectivity index (χ0v) is 32.0. The largest absolute Gasteiger partial charge is 0.501 e. The van der Waals surface area contributed by atoms with Gasteiger partial charge in [0, 0.05) is 37.7 Å². The standard InChI is InChI=1S/C22H17N2O.C19H26NSi.Ir/c1-14(2)24-19-12-5-4-11-18(19)23-22(24)17-10-7-9-16-15-8-3-6-13-20(15)25-21(16)17;1-14(2)10-17-12-18(16-9-7-8-15(3)11-16)20-13-19(17)21(4,5)6;/h3-9,11-14H,1-2H3;7-8,11-14H,10H2,1-6H3;/q2*-1;. The third-order valence-electron chi connectivity index (χ3n) is 8.33. The Morgan fingerprint density at radius 2 is 1.57 bits per heavy atom. The molecule has 7 rings (SSSR count). The third-order valence-corrected chi connectivity index (χ3v) is 10.4. The molecule has 243 valence electrons. The van der Waals surface area contributed by atoms with Gasteiger partial charge in [0.25, 0.3) is 0 Å². The van der Waals surface area contributed by atoms with Crippen molar-refractivity contribution in [1.29, 1.82) is 0 Å². The smallest absolute Gasteiger partial charge is 0.120 e. The minimum absolute atomic E-state index is 0. The number of furan rings is 1. The van der Waals surface area contributed by atoms with Gasteiger partial charge in [0.15, 0.2) is 0 Å². The van der Waals surface area contributed by atoms with Gasteiger partial charge in [0.1, 0.15) is 5.58 Å². The fourth-order valence-corrected chi connectivity index (χ4v) is 7.85. The number of aromatic nitrogens is 3. The van der Waals surface area contributed by atoms with E-state index in [2.05, 4.69) is 126 Å². The SMILES string of the molecule is CC(C)n1c(-c2[c-]ccc3c2oc2ccccc23)nc2ccccc21.Cc1cc[c-]c(-c2cc(CC(C)C)c([Si](C)(C)C)cn2)c1.[Ir]. The molecule has 0 amide bonds. The predicted octanol–water partition coefficient (Wildman–Crippen LogP) is 10.6. The van der Waals surface area contributed by atoms with Gasteiger partial charge in [-0.25, -0.2) is 0 Å². The molecule has 0 aliphatic rings. The molecule has 6 heteroatoms. The van der Waals surface area contributed by atoms with Crippen molar-refractivity contribution in [2.45, 2.75) is 66.7 Å². The van der Waals surface area contributed by atoms with Crippen molar-refractivity contribution in [1.82, 2.24) is 14.5 Å². The minimum Gasteiger partial charge on any atom is -0.501 e. The molecule has 0 aliphatic carbocycles. The number of imidazole rings is 1. The zero-order chi connectivity index (χ0) is 32.6. The maximum Gasteiger partial charge on any atom is 0.120 e. The summed E-state index contributed by atoms with van der Waals surface area (Å²) in [6, 6.07) is 35.9. The molecule has 0 fully saturated rings. The van der Waals surface area contributed by atoms with E-state index in [1.807, 2.05) is 36.4 Å². The molecule has 0 N–H and O–H groups in total. The molecule has 4 nitrogen and oxygen atoms in total. The van der Waals surface area contributed by atoms with Gasteiger partial charge in [0.05, 0.1) is 30.5 Å². The molecule has 4 aromatic carbocycles. The minimum atomic E-state index is -1.35. The van der Waals surface area contributed by atoms with Crippen LogP contribution in [0.15, 0.2) is 95.5 Å². The van der Waals surface area contributed by atoms with Crippen LogP contribution in [0.2, 0.25) is 19.6 Å². The molecule has 1 radical (unpaired) electrons. The average Bonchev–Trinajstić information content (AvgIpc) is 3.59. The Morgan fingerprint density at radius 3 is 2.30 bits per heavy atom. The van der Waals surface area contributed by atoms with Gasteiger partial charge in [-0.1, -0.05) is 93.3 Å². The average molecular weight is 814 g/mol. The van der Waals surface area contributed by atoms with Gasteiger partial charge in [0.2, 0.25) is 0 Å². The van der Waals surface area contributed by atoms with Crippen molar-refractivity contribution < 1.29 is 24.5 Å². The Morgan fingerprint density at radius 1 is 0.851 bits per heavy atom. The Balaban J connectivity index is 0.000000184. The second-order valence-corrected chi connectivity index (χ2v) is 19.0. The number of rotatable bonds is 6. The third kappa shape index (κ3) is 7.21. The first-order chi connectivity index (χ1) is 22.0. The summed E-state index contributed by atoms with van der Waals surface area (Å²) in [5, 5.41) is 3.72. The van der Waals surface area contributed by atoms with Gasteiger partial charge in [-0.05, 0) is 55.3 Å². The molecule has 0 atom stereocenters. The van der Waals surface area contributed by atoms with Crippen LogP contribution >= 0.6 is 0 Å². The van der Waals surface area contributed by atoms with E-state index in [4.69, 9.17) is 14.4 Å². The van der Waals surface area contributed by atoms with Crippen LogP contribution in [0.1, 0.15) is 44.9 Å². The van der Waals surface area contributed by atoms with Gasteiger partial charge in [-0.3, -0.25) is 4.98 Å². The quantitative estimate of drug-likeness (QED) is 0.124. The maximum atomic E-state index is 6.18. The number of pyridine rings is 1. The Kier molecular flexibility index (Phi) is 10.4. The second-order valence-electron chi connectivity index (χ2n) is 13.9. The summed E-state index contributed by atoms with van der Waals surface area (Å²) in [6.45, 7) is 18.2. The number of fused-ring (bicyclic) bond motifs is 4. The molecule has 0 saturated carbocycles. The van der Waals surface area contributed by atoms with Gasteiger partial charge in [-0.2, -0.15) is 0 Å². The van der Waals surface area contributed by atoms with Gasteiger partial charge in [-0.15, -0.1) is 53.6 Å². The molecule has 3 aromatic heterocycles. The predicted molar refractivity (Wildman–Crippen MR) is 196 cm³/mol. The number of nitrogens with zero attached hydrogens (tertiary/aromatic N) is 3.